The summed E-state index contributed by atoms with van der Waals surface area (Å²) in [6.07, 6.45) is 3.26. The molecule has 4 rings (SSSR count). The molecular formula is C23H26N2O4. The number of methoxy groups -OCH3 is 2. The molecule has 2 aliphatic rings. The van der Waals surface area contributed by atoms with E-state index in [0.29, 0.717) is 25.1 Å². The van der Waals surface area contributed by atoms with Gasteiger partial charge >= 0.3 is 0 Å². The molecule has 2 aliphatic heterocycles. The lowest BCUT2D eigenvalue weighted by atomic mass is 10.0. The van der Waals surface area contributed by atoms with Crippen LogP contribution in [0, 0.1) is 0 Å². The van der Waals surface area contributed by atoms with Gasteiger partial charge in [0.25, 0.3) is 5.91 Å². The maximum Gasteiger partial charge on any atom is 0.254 e. The number of nitrogens with zero attached hydrogens (tertiary/aromatic N) is 2. The molecule has 2 aromatic carbocycles. The predicted octanol–water partition coefficient (Wildman–Crippen LogP) is 3.81. The van der Waals surface area contributed by atoms with Gasteiger partial charge < -0.3 is 19.3 Å². The van der Waals surface area contributed by atoms with E-state index in [1.165, 1.54) is 0 Å². The number of amides is 2. The molecular weight excluding hydrogens is 368 g/mol. The largest absolute Gasteiger partial charge is 0.497 e. The van der Waals surface area contributed by atoms with Crippen molar-refractivity contribution in [1.82, 2.24) is 4.90 Å². The molecule has 29 heavy (non-hydrogen) atoms. The van der Waals surface area contributed by atoms with Crippen LogP contribution >= 0.6 is 0 Å². The van der Waals surface area contributed by atoms with Gasteiger partial charge in [-0.1, -0.05) is 6.07 Å². The Labute approximate surface area is 171 Å². The Morgan fingerprint density at radius 1 is 1.03 bits per heavy atom. The summed E-state index contributed by atoms with van der Waals surface area (Å²) in [4.78, 5) is 29.1. The summed E-state index contributed by atoms with van der Waals surface area (Å²) in [5.41, 5.74) is 2.41. The number of anilines is 1. The van der Waals surface area contributed by atoms with E-state index in [0.717, 1.165) is 42.0 Å². The lowest BCUT2D eigenvalue weighted by Crippen LogP contribution is -2.31. The standard InChI is InChI=1S/C23H26N2O4/c1-28-18-10-11-19(21(15-18)29-2)20-8-4-13-25(20)23(27)16-6-3-7-17(14-16)24-12-5-9-22(24)26/h3,6-7,10-11,14-15,20H,4-5,8-9,12-13H2,1-2H3. The second-order valence-electron chi connectivity index (χ2n) is 7.46. The number of rotatable bonds is 5. The number of ether oxygens (including phenoxy) is 2. The van der Waals surface area contributed by atoms with Crippen molar-refractivity contribution in [1.29, 1.82) is 0 Å². The van der Waals surface area contributed by atoms with E-state index in [1.807, 2.05) is 47.4 Å². The molecule has 0 aromatic heterocycles. The summed E-state index contributed by atoms with van der Waals surface area (Å²) in [5.74, 6) is 1.56. The molecule has 6 heteroatoms. The van der Waals surface area contributed by atoms with Gasteiger partial charge in [-0.05, 0) is 49.6 Å². The molecule has 2 fully saturated rings. The van der Waals surface area contributed by atoms with E-state index < -0.39 is 0 Å². The van der Waals surface area contributed by atoms with Crippen molar-refractivity contribution in [2.45, 2.75) is 31.7 Å². The first-order chi connectivity index (χ1) is 14.1. The van der Waals surface area contributed by atoms with Gasteiger partial charge in [0.15, 0.2) is 0 Å². The van der Waals surface area contributed by atoms with Crippen LogP contribution in [-0.2, 0) is 4.79 Å². The maximum atomic E-state index is 13.4. The second kappa shape index (κ2) is 8.15. The van der Waals surface area contributed by atoms with Crippen LogP contribution in [0.5, 0.6) is 11.5 Å². The van der Waals surface area contributed by atoms with Crippen molar-refractivity contribution in [3.8, 4) is 11.5 Å². The Hall–Kier alpha value is -3.02. The fourth-order valence-corrected chi connectivity index (χ4v) is 4.32. The molecule has 0 aliphatic carbocycles. The SMILES string of the molecule is COc1ccc(C2CCCN2C(=O)c2cccc(N3CCCC3=O)c2)c(OC)c1. The third-order valence-electron chi connectivity index (χ3n) is 5.79. The minimum absolute atomic E-state index is 0.0149. The molecule has 2 heterocycles. The molecule has 2 amide bonds. The van der Waals surface area contributed by atoms with Crippen LogP contribution < -0.4 is 14.4 Å². The van der Waals surface area contributed by atoms with Crippen LogP contribution in [0.25, 0.3) is 0 Å². The van der Waals surface area contributed by atoms with E-state index in [-0.39, 0.29) is 17.9 Å². The molecule has 1 atom stereocenters. The quantitative estimate of drug-likeness (QED) is 0.774. The van der Waals surface area contributed by atoms with Gasteiger partial charge in [-0.2, -0.15) is 0 Å². The zero-order valence-corrected chi connectivity index (χ0v) is 16.9. The zero-order valence-electron chi connectivity index (χ0n) is 16.9. The first-order valence-corrected chi connectivity index (χ1v) is 10.1. The highest BCUT2D eigenvalue weighted by atomic mass is 16.5. The molecule has 0 saturated carbocycles. The summed E-state index contributed by atoms with van der Waals surface area (Å²) in [5, 5.41) is 0. The fraction of sp³-hybridized carbons (Fsp3) is 0.391. The van der Waals surface area contributed by atoms with Gasteiger partial charge in [0, 0.05) is 42.4 Å². The van der Waals surface area contributed by atoms with E-state index in [9.17, 15) is 9.59 Å². The molecule has 2 aromatic rings. The number of likely N-dealkylation sites (tertiary alicyclic amines) is 1. The fourth-order valence-electron chi connectivity index (χ4n) is 4.32. The lowest BCUT2D eigenvalue weighted by molar-refractivity contribution is -0.117. The van der Waals surface area contributed by atoms with Crippen molar-refractivity contribution < 1.29 is 19.1 Å². The third kappa shape index (κ3) is 3.67. The van der Waals surface area contributed by atoms with Gasteiger partial charge in [-0.3, -0.25) is 9.59 Å². The number of carbonyl (C=O) groups is 2. The molecule has 2 saturated heterocycles. The van der Waals surface area contributed by atoms with Crippen molar-refractivity contribution in [3.63, 3.8) is 0 Å². The highest BCUT2D eigenvalue weighted by Crippen LogP contribution is 2.39. The topological polar surface area (TPSA) is 59.1 Å². The molecule has 0 spiro atoms. The minimum Gasteiger partial charge on any atom is -0.497 e. The van der Waals surface area contributed by atoms with Crippen LogP contribution in [0.2, 0.25) is 0 Å². The van der Waals surface area contributed by atoms with Crippen molar-refractivity contribution >= 4 is 17.5 Å². The van der Waals surface area contributed by atoms with Crippen LogP contribution in [0.3, 0.4) is 0 Å². The Kier molecular flexibility index (Phi) is 5.43. The van der Waals surface area contributed by atoms with Gasteiger partial charge in [-0.15, -0.1) is 0 Å². The van der Waals surface area contributed by atoms with Gasteiger partial charge in [0.05, 0.1) is 20.3 Å². The smallest absolute Gasteiger partial charge is 0.254 e. The summed E-state index contributed by atoms with van der Waals surface area (Å²) in [7, 11) is 3.26. The predicted molar refractivity (Wildman–Crippen MR) is 111 cm³/mol. The average Bonchev–Trinajstić information content (AvgIpc) is 3.41. The molecule has 6 nitrogen and oxygen atoms in total. The summed E-state index contributed by atoms with van der Waals surface area (Å²) >= 11 is 0. The molecule has 1 unspecified atom stereocenters. The zero-order chi connectivity index (χ0) is 20.4. The number of hydrogen-bond donors (Lipinski definition) is 0. The number of benzene rings is 2. The summed E-state index contributed by atoms with van der Waals surface area (Å²) < 4.78 is 10.9. The van der Waals surface area contributed by atoms with E-state index in [2.05, 4.69) is 0 Å². The highest BCUT2D eigenvalue weighted by molar-refractivity contribution is 5.99. The van der Waals surface area contributed by atoms with Gasteiger partial charge in [-0.25, -0.2) is 0 Å². The molecule has 0 bridgehead atoms. The Balaban J connectivity index is 1.61. The Morgan fingerprint density at radius 3 is 2.62 bits per heavy atom. The van der Waals surface area contributed by atoms with Crippen LogP contribution in [-0.4, -0.2) is 44.0 Å². The average molecular weight is 394 g/mol. The Morgan fingerprint density at radius 2 is 1.90 bits per heavy atom. The van der Waals surface area contributed by atoms with E-state index >= 15 is 0 Å². The minimum atomic E-state index is -0.0413. The summed E-state index contributed by atoms with van der Waals surface area (Å²) in [6, 6.07) is 13.1. The first kappa shape index (κ1) is 19.3. The number of hydrogen-bond acceptors (Lipinski definition) is 4. The normalized spacial score (nSPS) is 19.0. The van der Waals surface area contributed by atoms with E-state index in [4.69, 9.17) is 9.47 Å². The third-order valence-corrected chi connectivity index (χ3v) is 5.79. The monoisotopic (exact) mass is 394 g/mol. The van der Waals surface area contributed by atoms with Gasteiger partial charge in [0.1, 0.15) is 11.5 Å². The lowest BCUT2D eigenvalue weighted by Gasteiger charge is -2.27. The van der Waals surface area contributed by atoms with Crippen molar-refractivity contribution in [3.05, 3.63) is 53.6 Å². The van der Waals surface area contributed by atoms with Crippen LogP contribution in [0.15, 0.2) is 42.5 Å². The van der Waals surface area contributed by atoms with Crippen LogP contribution in [0.1, 0.15) is 47.6 Å². The number of carbonyl (C=O) groups excluding carboxylic acids is 2. The molecule has 152 valence electrons. The summed E-state index contributed by atoms with van der Waals surface area (Å²) in [6.45, 7) is 1.41. The highest BCUT2D eigenvalue weighted by Gasteiger charge is 2.33. The maximum absolute atomic E-state index is 13.4. The van der Waals surface area contributed by atoms with E-state index in [1.54, 1.807) is 19.1 Å². The second-order valence-corrected chi connectivity index (χ2v) is 7.46. The van der Waals surface area contributed by atoms with Crippen LogP contribution in [0.4, 0.5) is 5.69 Å². The van der Waals surface area contributed by atoms with Crippen molar-refractivity contribution in [2.75, 3.05) is 32.2 Å². The first-order valence-electron chi connectivity index (χ1n) is 10.1. The van der Waals surface area contributed by atoms with Crippen molar-refractivity contribution in [2.24, 2.45) is 0 Å². The molecule has 0 radical (unpaired) electrons. The Bertz CT molecular complexity index is 927. The molecule has 0 N–H and O–H groups in total. The van der Waals surface area contributed by atoms with Gasteiger partial charge in [0.2, 0.25) is 5.91 Å².